The first kappa shape index (κ1) is 15.8. The van der Waals surface area contributed by atoms with E-state index in [0.717, 1.165) is 16.6 Å². The minimum Gasteiger partial charge on any atom is -0.310 e. The third-order valence-electron chi connectivity index (χ3n) is 4.94. The highest BCUT2D eigenvalue weighted by molar-refractivity contribution is 6.31. The molecule has 0 radical (unpaired) electrons. The summed E-state index contributed by atoms with van der Waals surface area (Å²) in [5, 5.41) is 8.58. The molecule has 5 heteroatoms. The number of aromatic nitrogens is 2. The van der Waals surface area contributed by atoms with Gasteiger partial charge in [-0.15, -0.1) is 0 Å². The second-order valence-corrected chi connectivity index (χ2v) is 6.83. The summed E-state index contributed by atoms with van der Waals surface area (Å²) in [7, 11) is 8.37. The second-order valence-electron chi connectivity index (χ2n) is 6.42. The number of nitrogens with zero attached hydrogens (tertiary/aromatic N) is 3. The third-order valence-corrected chi connectivity index (χ3v) is 5.23. The number of hydrogen-bond donors (Lipinski definition) is 1. The molecule has 114 valence electrons. The summed E-state index contributed by atoms with van der Waals surface area (Å²) in [6.45, 7) is 2.36. The van der Waals surface area contributed by atoms with Gasteiger partial charge in [0.2, 0.25) is 0 Å². The fourth-order valence-corrected chi connectivity index (χ4v) is 4.17. The maximum Gasteiger partial charge on any atom is 0.0834 e. The molecule has 1 aliphatic rings. The molecule has 3 unspecified atom stereocenters. The Morgan fingerprint density at radius 2 is 2.25 bits per heavy atom. The van der Waals surface area contributed by atoms with Crippen LogP contribution in [0.15, 0.2) is 6.20 Å². The lowest BCUT2D eigenvalue weighted by atomic mass is 9.70. The van der Waals surface area contributed by atoms with Crippen LogP contribution in [0.5, 0.6) is 0 Å². The van der Waals surface area contributed by atoms with E-state index in [-0.39, 0.29) is 11.6 Å². The Labute approximate surface area is 127 Å². The Balaban J connectivity index is 2.45. The van der Waals surface area contributed by atoms with Crippen LogP contribution in [0.4, 0.5) is 0 Å². The second kappa shape index (κ2) is 6.04. The molecule has 0 aliphatic heterocycles. The van der Waals surface area contributed by atoms with Gasteiger partial charge in [-0.1, -0.05) is 31.4 Å². The summed E-state index contributed by atoms with van der Waals surface area (Å²) in [4.78, 5) is 2.38. The van der Waals surface area contributed by atoms with Crippen LogP contribution < -0.4 is 5.32 Å². The lowest BCUT2D eigenvalue weighted by Gasteiger charge is -2.50. The van der Waals surface area contributed by atoms with Gasteiger partial charge in [-0.2, -0.15) is 5.10 Å². The average molecular weight is 299 g/mol. The summed E-state index contributed by atoms with van der Waals surface area (Å²) >= 11 is 6.40. The van der Waals surface area contributed by atoms with Gasteiger partial charge in [0.05, 0.1) is 23.0 Å². The van der Waals surface area contributed by atoms with Crippen LogP contribution in [-0.2, 0) is 7.05 Å². The molecule has 3 atom stereocenters. The highest BCUT2D eigenvalue weighted by Crippen LogP contribution is 2.45. The number of nitrogens with one attached hydrogen (secondary N) is 1. The molecule has 1 aliphatic carbocycles. The van der Waals surface area contributed by atoms with Gasteiger partial charge in [0, 0.05) is 12.6 Å². The number of rotatable bonds is 4. The number of likely N-dealkylation sites (N-methyl/N-ethyl adjacent to an activating group) is 2. The molecule has 4 nitrogen and oxygen atoms in total. The van der Waals surface area contributed by atoms with Crippen molar-refractivity contribution in [1.29, 1.82) is 0 Å². The normalized spacial score (nSPS) is 28.9. The van der Waals surface area contributed by atoms with Crippen LogP contribution >= 0.6 is 11.6 Å². The molecule has 0 amide bonds. The molecule has 20 heavy (non-hydrogen) atoms. The summed E-state index contributed by atoms with van der Waals surface area (Å²) in [5.74, 6) is 0.744. The van der Waals surface area contributed by atoms with Gasteiger partial charge in [0.25, 0.3) is 0 Å². The van der Waals surface area contributed by atoms with E-state index in [9.17, 15) is 0 Å². The van der Waals surface area contributed by atoms with E-state index in [0.29, 0.717) is 0 Å². The molecule has 0 aromatic carbocycles. The highest BCUT2D eigenvalue weighted by atomic mass is 35.5. The van der Waals surface area contributed by atoms with Crippen LogP contribution in [0.1, 0.15) is 44.3 Å². The Kier molecular flexibility index (Phi) is 4.77. The lowest BCUT2D eigenvalue weighted by Crippen LogP contribution is -2.56. The van der Waals surface area contributed by atoms with Crippen molar-refractivity contribution < 1.29 is 0 Å². The average Bonchev–Trinajstić information content (AvgIpc) is 2.71. The molecule has 1 fully saturated rings. The molecule has 1 saturated carbocycles. The molecule has 1 aromatic heterocycles. The predicted octanol–water partition coefficient (Wildman–Crippen LogP) is 2.84. The van der Waals surface area contributed by atoms with E-state index in [1.165, 1.54) is 25.7 Å². The van der Waals surface area contributed by atoms with Crippen molar-refractivity contribution in [3.05, 3.63) is 16.9 Å². The maximum atomic E-state index is 6.40. The Morgan fingerprint density at radius 1 is 1.55 bits per heavy atom. The first-order valence-corrected chi connectivity index (χ1v) is 7.82. The van der Waals surface area contributed by atoms with Gasteiger partial charge in [0.1, 0.15) is 0 Å². The van der Waals surface area contributed by atoms with Gasteiger partial charge >= 0.3 is 0 Å². The minimum absolute atomic E-state index is 0.101. The molecule has 1 heterocycles. The van der Waals surface area contributed by atoms with Crippen molar-refractivity contribution in [3.63, 3.8) is 0 Å². The standard InChI is InChI=1S/C15H27ClN4/c1-11-7-6-8-15(9-11,19(3)4)14(17-2)13-12(16)10-18-20(13)5/h10-11,14,17H,6-9H2,1-5H3. The molecule has 0 bridgehead atoms. The SMILES string of the molecule is CNC(c1c(Cl)cnn1C)C1(N(C)C)CCCC(C)C1. The first-order valence-electron chi connectivity index (χ1n) is 7.44. The molecular formula is C15H27ClN4. The number of hydrogen-bond acceptors (Lipinski definition) is 3. The topological polar surface area (TPSA) is 33.1 Å². The van der Waals surface area contributed by atoms with Gasteiger partial charge in [-0.05, 0) is 39.9 Å². The van der Waals surface area contributed by atoms with E-state index in [1.807, 2.05) is 18.8 Å². The fraction of sp³-hybridized carbons (Fsp3) is 0.800. The van der Waals surface area contributed by atoms with Crippen LogP contribution in [0.25, 0.3) is 0 Å². The summed E-state index contributed by atoms with van der Waals surface area (Å²) in [6.07, 6.45) is 6.72. The fourth-order valence-electron chi connectivity index (χ4n) is 3.90. The molecule has 2 rings (SSSR count). The van der Waals surface area contributed by atoms with Crippen molar-refractivity contribution in [3.8, 4) is 0 Å². The number of aryl methyl sites for hydroxylation is 1. The predicted molar refractivity (Wildman–Crippen MR) is 84.1 cm³/mol. The van der Waals surface area contributed by atoms with Crippen molar-refractivity contribution in [2.24, 2.45) is 13.0 Å². The third kappa shape index (κ3) is 2.61. The molecule has 0 spiro atoms. The molecule has 1 N–H and O–H groups in total. The van der Waals surface area contributed by atoms with Crippen molar-refractivity contribution in [1.82, 2.24) is 20.0 Å². The Bertz CT molecular complexity index is 437. The minimum atomic E-state index is 0.101. The Hall–Kier alpha value is -0.580. The highest BCUT2D eigenvalue weighted by Gasteiger charge is 2.45. The lowest BCUT2D eigenvalue weighted by molar-refractivity contribution is 0.0367. The monoisotopic (exact) mass is 298 g/mol. The number of halogens is 1. The summed E-state index contributed by atoms with van der Waals surface area (Å²) in [6, 6.07) is 0.195. The molecular weight excluding hydrogens is 272 g/mol. The van der Waals surface area contributed by atoms with Gasteiger partial charge in [-0.3, -0.25) is 4.68 Å². The Morgan fingerprint density at radius 3 is 2.70 bits per heavy atom. The van der Waals surface area contributed by atoms with Crippen molar-refractivity contribution in [2.75, 3.05) is 21.1 Å². The van der Waals surface area contributed by atoms with Gasteiger partial charge in [0.15, 0.2) is 0 Å². The van der Waals surface area contributed by atoms with E-state index >= 15 is 0 Å². The molecule has 0 saturated heterocycles. The first-order chi connectivity index (χ1) is 9.42. The van der Waals surface area contributed by atoms with E-state index in [1.54, 1.807) is 6.20 Å². The zero-order chi connectivity index (χ0) is 14.9. The largest absolute Gasteiger partial charge is 0.310 e. The summed E-state index contributed by atoms with van der Waals surface area (Å²) < 4.78 is 1.91. The van der Waals surface area contributed by atoms with Gasteiger partial charge in [-0.25, -0.2) is 0 Å². The van der Waals surface area contributed by atoms with Crippen LogP contribution in [0, 0.1) is 5.92 Å². The quantitative estimate of drug-likeness (QED) is 0.928. The molecule has 1 aromatic rings. The van der Waals surface area contributed by atoms with Gasteiger partial charge < -0.3 is 10.2 Å². The van der Waals surface area contributed by atoms with E-state index in [2.05, 4.69) is 36.3 Å². The smallest absolute Gasteiger partial charge is 0.0834 e. The van der Waals surface area contributed by atoms with Crippen LogP contribution in [-0.4, -0.2) is 41.4 Å². The van der Waals surface area contributed by atoms with E-state index < -0.39 is 0 Å². The zero-order valence-electron chi connectivity index (χ0n) is 13.3. The van der Waals surface area contributed by atoms with Crippen molar-refractivity contribution in [2.45, 2.75) is 44.2 Å². The van der Waals surface area contributed by atoms with Crippen LogP contribution in [0.3, 0.4) is 0 Å². The van der Waals surface area contributed by atoms with Crippen molar-refractivity contribution >= 4 is 11.6 Å². The zero-order valence-corrected chi connectivity index (χ0v) is 14.0. The van der Waals surface area contributed by atoms with E-state index in [4.69, 9.17) is 11.6 Å². The summed E-state index contributed by atoms with van der Waals surface area (Å²) in [5.41, 5.74) is 1.20. The maximum absolute atomic E-state index is 6.40. The van der Waals surface area contributed by atoms with Crippen LogP contribution in [0.2, 0.25) is 5.02 Å².